The third-order valence-electron chi connectivity index (χ3n) is 1.32. The maximum Gasteiger partial charge on any atom is 0.324 e. The highest BCUT2D eigenvalue weighted by molar-refractivity contribution is 9.09. The highest BCUT2D eigenvalue weighted by Gasteiger charge is 2.23. The summed E-state index contributed by atoms with van der Waals surface area (Å²) < 4.78 is 4.91. The molecular weight excluding hydrogens is 230 g/mol. The number of rotatable bonds is 3. The van der Waals surface area contributed by atoms with Gasteiger partial charge < -0.3 is 4.74 Å². The molecule has 0 bridgehead atoms. The van der Waals surface area contributed by atoms with Crippen molar-refractivity contribution in [2.45, 2.75) is 6.04 Å². The van der Waals surface area contributed by atoms with Crippen molar-refractivity contribution in [1.82, 2.24) is 5.32 Å². The predicted octanol–water partition coefficient (Wildman–Crippen LogP) is 0.587. The van der Waals surface area contributed by atoms with Gasteiger partial charge in [0.1, 0.15) is 12.6 Å². The van der Waals surface area contributed by atoms with Gasteiger partial charge in [0.25, 0.3) is 0 Å². The van der Waals surface area contributed by atoms with E-state index in [1.807, 2.05) is 0 Å². The van der Waals surface area contributed by atoms with Crippen LogP contribution < -0.4 is 5.32 Å². The average Bonchev–Trinajstić information content (AvgIpc) is 2.52. The summed E-state index contributed by atoms with van der Waals surface area (Å²) in [5, 5.41) is 3.75. The van der Waals surface area contributed by atoms with Crippen LogP contribution in [-0.2, 0) is 9.53 Å². The van der Waals surface area contributed by atoms with Crippen LogP contribution in [0.4, 0.5) is 0 Å². The number of nitrogens with one attached hydrogen (secondary N) is 1. The van der Waals surface area contributed by atoms with Crippen molar-refractivity contribution >= 4 is 33.7 Å². The largest absolute Gasteiger partial charge is 0.464 e. The molecule has 1 atom stereocenters. The molecule has 0 aliphatic carbocycles. The van der Waals surface area contributed by atoms with Crippen molar-refractivity contribution in [3.8, 4) is 0 Å². The molecule has 0 aromatic rings. The van der Waals surface area contributed by atoms with Crippen molar-refractivity contribution in [2.75, 3.05) is 23.6 Å². The number of ether oxygens (including phenoxy) is 1. The molecule has 0 amide bonds. The maximum atomic E-state index is 11.1. The number of thioether (sulfide) groups is 1. The first-order valence-corrected chi connectivity index (χ1v) is 5.66. The summed E-state index contributed by atoms with van der Waals surface area (Å²) in [5.74, 6) is 1.56. The molecule has 0 spiro atoms. The molecule has 64 valence electrons. The van der Waals surface area contributed by atoms with E-state index in [4.69, 9.17) is 4.74 Å². The van der Waals surface area contributed by atoms with Crippen molar-refractivity contribution < 1.29 is 9.53 Å². The quantitative estimate of drug-likeness (QED) is 0.578. The van der Waals surface area contributed by atoms with Crippen LogP contribution in [0.5, 0.6) is 0 Å². The monoisotopic (exact) mass is 239 g/mol. The van der Waals surface area contributed by atoms with Gasteiger partial charge in [-0.15, -0.1) is 11.8 Å². The van der Waals surface area contributed by atoms with E-state index >= 15 is 0 Å². The predicted molar refractivity (Wildman–Crippen MR) is 49.0 cm³/mol. The Hall–Kier alpha value is 0.260. The Balaban J connectivity index is 2.17. The molecule has 0 saturated carbocycles. The second kappa shape index (κ2) is 5.00. The highest BCUT2D eigenvalue weighted by Crippen LogP contribution is 2.10. The Bertz CT molecular complexity index is 139. The molecule has 11 heavy (non-hydrogen) atoms. The van der Waals surface area contributed by atoms with Crippen LogP contribution in [0.25, 0.3) is 0 Å². The van der Waals surface area contributed by atoms with E-state index in [2.05, 4.69) is 21.2 Å². The van der Waals surface area contributed by atoms with Gasteiger partial charge in [-0.25, -0.2) is 0 Å². The van der Waals surface area contributed by atoms with Gasteiger partial charge in [0.2, 0.25) is 0 Å². The summed E-state index contributed by atoms with van der Waals surface area (Å²) in [6.07, 6.45) is 0. The highest BCUT2D eigenvalue weighted by atomic mass is 79.9. The van der Waals surface area contributed by atoms with Crippen LogP contribution in [0.1, 0.15) is 0 Å². The van der Waals surface area contributed by atoms with Crippen LogP contribution in [0.3, 0.4) is 0 Å². The molecule has 1 fully saturated rings. The summed E-state index contributed by atoms with van der Waals surface area (Å²) >= 11 is 4.90. The number of halogens is 1. The zero-order valence-corrected chi connectivity index (χ0v) is 8.41. The molecular formula is C6H10BrNO2S. The van der Waals surface area contributed by atoms with Gasteiger partial charge in [0, 0.05) is 17.0 Å². The van der Waals surface area contributed by atoms with E-state index in [-0.39, 0.29) is 12.0 Å². The molecule has 1 unspecified atom stereocenters. The van der Waals surface area contributed by atoms with Crippen LogP contribution >= 0.6 is 27.7 Å². The fourth-order valence-electron chi connectivity index (χ4n) is 0.786. The van der Waals surface area contributed by atoms with Gasteiger partial charge in [0.05, 0.1) is 0 Å². The Morgan fingerprint density at radius 3 is 3.18 bits per heavy atom. The molecule has 1 heterocycles. The number of hydrogen-bond acceptors (Lipinski definition) is 4. The van der Waals surface area contributed by atoms with Crippen LogP contribution in [0.2, 0.25) is 0 Å². The minimum absolute atomic E-state index is 0.0842. The normalized spacial score (nSPS) is 23.5. The number of carbonyl (C=O) groups is 1. The third-order valence-corrected chi connectivity index (χ3v) is 2.59. The smallest absolute Gasteiger partial charge is 0.324 e. The minimum atomic E-state index is -0.130. The van der Waals surface area contributed by atoms with E-state index in [0.717, 1.165) is 11.6 Å². The lowest BCUT2D eigenvalue weighted by molar-refractivity contribution is -0.144. The second-order valence-corrected chi connectivity index (χ2v) is 3.95. The first-order chi connectivity index (χ1) is 5.34. The van der Waals surface area contributed by atoms with Crippen LogP contribution in [0, 0.1) is 0 Å². The Morgan fingerprint density at radius 2 is 2.64 bits per heavy atom. The van der Waals surface area contributed by atoms with E-state index in [9.17, 15) is 4.79 Å². The SMILES string of the molecule is O=C(OCCBr)C1CSCN1. The molecule has 1 rings (SSSR count). The number of hydrogen-bond donors (Lipinski definition) is 1. The molecule has 1 aliphatic heterocycles. The van der Waals surface area contributed by atoms with Crippen molar-refractivity contribution in [1.29, 1.82) is 0 Å². The molecule has 0 radical (unpaired) electrons. The second-order valence-electron chi connectivity index (χ2n) is 2.13. The summed E-state index contributed by atoms with van der Waals surface area (Å²) in [4.78, 5) is 11.1. The lowest BCUT2D eigenvalue weighted by Gasteiger charge is -2.07. The Kier molecular flexibility index (Phi) is 4.25. The molecule has 0 aromatic heterocycles. The van der Waals surface area contributed by atoms with E-state index < -0.39 is 0 Å². The number of carbonyl (C=O) groups excluding carboxylic acids is 1. The lowest BCUT2D eigenvalue weighted by Crippen LogP contribution is -2.34. The standard InChI is InChI=1S/C6H10BrNO2S/c7-1-2-10-6(9)5-3-11-4-8-5/h5,8H,1-4H2. The zero-order chi connectivity index (χ0) is 8.10. The van der Waals surface area contributed by atoms with Gasteiger partial charge in [-0.3, -0.25) is 10.1 Å². The first-order valence-electron chi connectivity index (χ1n) is 3.38. The van der Waals surface area contributed by atoms with Crippen LogP contribution in [-0.4, -0.2) is 35.6 Å². The van der Waals surface area contributed by atoms with Crippen LogP contribution in [0.15, 0.2) is 0 Å². The number of alkyl halides is 1. The molecule has 1 saturated heterocycles. The molecule has 1 aliphatic rings. The van der Waals surface area contributed by atoms with Gasteiger partial charge in [0.15, 0.2) is 0 Å². The zero-order valence-electron chi connectivity index (χ0n) is 6.01. The minimum Gasteiger partial charge on any atom is -0.464 e. The topological polar surface area (TPSA) is 38.3 Å². The first kappa shape index (κ1) is 9.35. The molecule has 3 nitrogen and oxygen atoms in total. The number of esters is 1. The molecule has 5 heteroatoms. The molecule has 1 N–H and O–H groups in total. The summed E-state index contributed by atoms with van der Waals surface area (Å²) in [6.45, 7) is 0.460. The summed E-state index contributed by atoms with van der Waals surface area (Å²) in [7, 11) is 0. The van der Waals surface area contributed by atoms with Gasteiger partial charge >= 0.3 is 5.97 Å². The molecule has 0 aromatic carbocycles. The van der Waals surface area contributed by atoms with E-state index in [1.54, 1.807) is 11.8 Å². The van der Waals surface area contributed by atoms with Gasteiger partial charge in [-0.1, -0.05) is 15.9 Å². The third kappa shape index (κ3) is 3.01. The average molecular weight is 240 g/mol. The van der Waals surface area contributed by atoms with Gasteiger partial charge in [-0.05, 0) is 0 Å². The van der Waals surface area contributed by atoms with E-state index in [0.29, 0.717) is 11.9 Å². The van der Waals surface area contributed by atoms with Crippen molar-refractivity contribution in [3.05, 3.63) is 0 Å². The fraction of sp³-hybridized carbons (Fsp3) is 0.833. The van der Waals surface area contributed by atoms with Gasteiger partial charge in [-0.2, -0.15) is 0 Å². The summed E-state index contributed by atoms with van der Waals surface area (Å²) in [5.41, 5.74) is 0. The van der Waals surface area contributed by atoms with Crippen molar-refractivity contribution in [2.24, 2.45) is 0 Å². The van der Waals surface area contributed by atoms with E-state index in [1.165, 1.54) is 0 Å². The fourth-order valence-corrected chi connectivity index (χ4v) is 1.87. The Morgan fingerprint density at radius 1 is 1.82 bits per heavy atom. The van der Waals surface area contributed by atoms with Crippen molar-refractivity contribution in [3.63, 3.8) is 0 Å². The summed E-state index contributed by atoms with van der Waals surface area (Å²) in [6, 6.07) is -0.0842. The maximum absolute atomic E-state index is 11.1. The Labute approximate surface area is 78.4 Å². The lowest BCUT2D eigenvalue weighted by atomic mass is 10.3.